The first-order chi connectivity index (χ1) is 7.20. The summed E-state index contributed by atoms with van der Waals surface area (Å²) in [4.78, 5) is 10.2. The molecule has 1 aromatic carbocycles. The van der Waals surface area contributed by atoms with Gasteiger partial charge < -0.3 is 9.47 Å². The monoisotopic (exact) mass is 209 g/mol. The van der Waals surface area contributed by atoms with Crippen LogP contribution in [0.25, 0.3) is 0 Å². The second-order valence-corrected chi connectivity index (χ2v) is 3.41. The lowest BCUT2D eigenvalue weighted by Crippen LogP contribution is -1.99. The molecule has 1 aliphatic rings. The molecule has 0 radical (unpaired) electrons. The highest BCUT2D eigenvalue weighted by atomic mass is 16.6. The molecule has 1 unspecified atom stereocenters. The van der Waals surface area contributed by atoms with E-state index in [0.29, 0.717) is 12.2 Å². The predicted octanol–water partition coefficient (Wildman–Crippen LogP) is 1.54. The van der Waals surface area contributed by atoms with Crippen molar-refractivity contribution in [1.29, 1.82) is 0 Å². The number of hydrogen-bond donors (Lipinski definition) is 0. The topological polar surface area (TPSA) is 64.9 Å². The van der Waals surface area contributed by atoms with Gasteiger partial charge >= 0.3 is 0 Å². The molecule has 5 heteroatoms. The highest BCUT2D eigenvalue weighted by Gasteiger charge is 2.25. The third-order valence-corrected chi connectivity index (χ3v) is 2.32. The standard InChI is InChI=1S/C10H11NO4/c1-14-10-3-2-8(11(12)13)4-7(10)5-9-6-15-9/h2-4,9H,5-6H2,1H3. The van der Waals surface area contributed by atoms with E-state index < -0.39 is 4.92 Å². The number of ether oxygens (including phenoxy) is 2. The molecule has 1 heterocycles. The molecule has 1 saturated heterocycles. The van der Waals surface area contributed by atoms with Gasteiger partial charge in [-0.15, -0.1) is 0 Å². The van der Waals surface area contributed by atoms with Crippen molar-refractivity contribution in [1.82, 2.24) is 0 Å². The molecule has 0 saturated carbocycles. The van der Waals surface area contributed by atoms with Gasteiger partial charge in [0.25, 0.3) is 5.69 Å². The van der Waals surface area contributed by atoms with E-state index in [0.717, 1.165) is 12.2 Å². The minimum atomic E-state index is -0.406. The summed E-state index contributed by atoms with van der Waals surface area (Å²) < 4.78 is 10.2. The van der Waals surface area contributed by atoms with Crippen LogP contribution in [0.5, 0.6) is 5.75 Å². The lowest BCUT2D eigenvalue weighted by molar-refractivity contribution is -0.384. The Labute approximate surface area is 86.8 Å². The number of hydrogen-bond acceptors (Lipinski definition) is 4. The predicted molar refractivity (Wildman–Crippen MR) is 53.1 cm³/mol. The van der Waals surface area contributed by atoms with Crippen LogP contribution < -0.4 is 4.74 Å². The molecular weight excluding hydrogens is 198 g/mol. The van der Waals surface area contributed by atoms with Crippen molar-refractivity contribution < 1.29 is 14.4 Å². The zero-order valence-electron chi connectivity index (χ0n) is 8.30. The number of non-ortho nitro benzene ring substituents is 1. The van der Waals surface area contributed by atoms with Gasteiger partial charge in [0.15, 0.2) is 0 Å². The molecule has 0 N–H and O–H groups in total. The molecule has 0 aliphatic carbocycles. The molecule has 1 aliphatic heterocycles. The van der Waals surface area contributed by atoms with E-state index in [1.54, 1.807) is 19.2 Å². The van der Waals surface area contributed by atoms with Crippen molar-refractivity contribution in [3.63, 3.8) is 0 Å². The lowest BCUT2D eigenvalue weighted by atomic mass is 10.1. The fourth-order valence-corrected chi connectivity index (χ4v) is 1.47. The minimum Gasteiger partial charge on any atom is -0.496 e. The molecule has 0 amide bonds. The summed E-state index contributed by atoms with van der Waals surface area (Å²) in [6.45, 7) is 0.728. The Bertz CT molecular complexity index is 387. The second kappa shape index (κ2) is 3.86. The van der Waals surface area contributed by atoms with E-state index in [9.17, 15) is 10.1 Å². The van der Waals surface area contributed by atoms with E-state index in [4.69, 9.17) is 9.47 Å². The Morgan fingerprint density at radius 1 is 1.67 bits per heavy atom. The number of nitrogens with zero attached hydrogens (tertiary/aromatic N) is 1. The lowest BCUT2D eigenvalue weighted by Gasteiger charge is -2.06. The van der Waals surface area contributed by atoms with Gasteiger partial charge in [0.2, 0.25) is 0 Å². The summed E-state index contributed by atoms with van der Waals surface area (Å²) in [6.07, 6.45) is 0.867. The maximum absolute atomic E-state index is 10.6. The van der Waals surface area contributed by atoms with Crippen LogP contribution in [0.2, 0.25) is 0 Å². The Morgan fingerprint density at radius 3 is 2.93 bits per heavy atom. The summed E-state index contributed by atoms with van der Waals surface area (Å²) in [7, 11) is 1.55. The zero-order valence-corrected chi connectivity index (χ0v) is 8.30. The van der Waals surface area contributed by atoms with E-state index >= 15 is 0 Å². The molecular formula is C10H11NO4. The van der Waals surface area contributed by atoms with Crippen molar-refractivity contribution in [2.45, 2.75) is 12.5 Å². The molecule has 0 spiro atoms. The molecule has 80 valence electrons. The summed E-state index contributed by atoms with van der Waals surface area (Å²) in [5.74, 6) is 0.677. The van der Waals surface area contributed by atoms with Crippen molar-refractivity contribution >= 4 is 5.69 Å². The SMILES string of the molecule is COc1ccc([N+](=O)[O-])cc1CC1CO1. The summed E-state index contributed by atoms with van der Waals surface area (Å²) in [6, 6.07) is 4.60. The largest absolute Gasteiger partial charge is 0.496 e. The zero-order chi connectivity index (χ0) is 10.8. The summed E-state index contributed by atoms with van der Waals surface area (Å²) in [5.41, 5.74) is 0.917. The van der Waals surface area contributed by atoms with Gasteiger partial charge in [-0.25, -0.2) is 0 Å². The van der Waals surface area contributed by atoms with Crippen LogP contribution in [0.15, 0.2) is 18.2 Å². The molecule has 1 atom stereocenters. The second-order valence-electron chi connectivity index (χ2n) is 3.41. The fourth-order valence-electron chi connectivity index (χ4n) is 1.47. The molecule has 15 heavy (non-hydrogen) atoms. The van der Waals surface area contributed by atoms with Crippen molar-refractivity contribution in [3.05, 3.63) is 33.9 Å². The highest BCUT2D eigenvalue weighted by Crippen LogP contribution is 2.27. The van der Waals surface area contributed by atoms with Gasteiger partial charge in [-0.1, -0.05) is 0 Å². The average molecular weight is 209 g/mol. The number of epoxide rings is 1. The van der Waals surface area contributed by atoms with E-state index in [1.165, 1.54) is 6.07 Å². The van der Waals surface area contributed by atoms with Gasteiger partial charge in [0, 0.05) is 24.1 Å². The molecule has 0 bridgehead atoms. The third-order valence-electron chi connectivity index (χ3n) is 2.32. The van der Waals surface area contributed by atoms with Crippen LogP contribution in [0, 0.1) is 10.1 Å². The first kappa shape index (κ1) is 9.92. The highest BCUT2D eigenvalue weighted by molar-refractivity contribution is 5.44. The molecule has 2 rings (SSSR count). The van der Waals surface area contributed by atoms with E-state index in [2.05, 4.69) is 0 Å². The maximum Gasteiger partial charge on any atom is 0.269 e. The van der Waals surface area contributed by atoms with Gasteiger partial charge in [0.1, 0.15) is 5.75 Å². The number of methoxy groups -OCH3 is 1. The normalized spacial score (nSPS) is 18.6. The first-order valence-electron chi connectivity index (χ1n) is 4.63. The number of nitro benzene ring substituents is 1. The minimum absolute atomic E-state index is 0.0893. The third kappa shape index (κ3) is 2.24. The Balaban J connectivity index is 2.28. The molecule has 0 aromatic heterocycles. The van der Waals surface area contributed by atoms with Gasteiger partial charge in [-0.05, 0) is 6.07 Å². The van der Waals surface area contributed by atoms with Gasteiger partial charge in [0.05, 0.1) is 24.7 Å². The first-order valence-corrected chi connectivity index (χ1v) is 4.63. The number of nitro groups is 1. The van der Waals surface area contributed by atoms with Gasteiger partial charge in [-0.2, -0.15) is 0 Å². The Morgan fingerprint density at radius 2 is 2.40 bits per heavy atom. The van der Waals surface area contributed by atoms with Crippen LogP contribution in [-0.2, 0) is 11.2 Å². The molecule has 5 nitrogen and oxygen atoms in total. The smallest absolute Gasteiger partial charge is 0.269 e. The number of benzene rings is 1. The summed E-state index contributed by atoms with van der Waals surface area (Å²) >= 11 is 0. The van der Waals surface area contributed by atoms with Crippen LogP contribution in [0.3, 0.4) is 0 Å². The number of rotatable bonds is 4. The molecule has 1 aromatic rings. The fraction of sp³-hybridized carbons (Fsp3) is 0.400. The van der Waals surface area contributed by atoms with Crippen LogP contribution in [-0.4, -0.2) is 24.7 Å². The summed E-state index contributed by atoms with van der Waals surface area (Å²) in [5, 5.41) is 10.6. The van der Waals surface area contributed by atoms with Crippen molar-refractivity contribution in [3.8, 4) is 5.75 Å². The van der Waals surface area contributed by atoms with Crippen molar-refractivity contribution in [2.75, 3.05) is 13.7 Å². The van der Waals surface area contributed by atoms with E-state index in [1.807, 2.05) is 0 Å². The molecule has 1 fully saturated rings. The maximum atomic E-state index is 10.6. The average Bonchev–Trinajstić information content (AvgIpc) is 3.01. The Hall–Kier alpha value is -1.62. The van der Waals surface area contributed by atoms with Gasteiger partial charge in [-0.3, -0.25) is 10.1 Å². The Kier molecular flexibility index (Phi) is 2.55. The van der Waals surface area contributed by atoms with Crippen LogP contribution in [0.4, 0.5) is 5.69 Å². The van der Waals surface area contributed by atoms with Crippen LogP contribution >= 0.6 is 0 Å². The van der Waals surface area contributed by atoms with E-state index in [-0.39, 0.29) is 11.8 Å². The van der Waals surface area contributed by atoms with Crippen molar-refractivity contribution in [2.24, 2.45) is 0 Å². The quantitative estimate of drug-likeness (QED) is 0.428. The van der Waals surface area contributed by atoms with Crippen LogP contribution in [0.1, 0.15) is 5.56 Å².